The van der Waals surface area contributed by atoms with Crippen molar-refractivity contribution in [3.8, 4) is 0 Å². The Bertz CT molecular complexity index is 338. The van der Waals surface area contributed by atoms with E-state index < -0.39 is 0 Å². The molecule has 0 aliphatic heterocycles. The van der Waals surface area contributed by atoms with E-state index in [-0.39, 0.29) is 5.91 Å². The molecular weight excluding hydrogens is 218 g/mol. The molecule has 5 nitrogen and oxygen atoms in total. The Morgan fingerprint density at radius 2 is 2.00 bits per heavy atom. The Balaban J connectivity index is 2.14. The van der Waals surface area contributed by atoms with Crippen LogP contribution in [0.4, 0.5) is 11.4 Å². The number of amides is 1. The minimum absolute atomic E-state index is 0.0185. The van der Waals surface area contributed by atoms with E-state index in [9.17, 15) is 4.79 Å². The number of carbonyl (C=O) groups excluding carboxylic acids is 1. The molecular formula is C12H19N3O2. The van der Waals surface area contributed by atoms with Crippen molar-refractivity contribution in [3.63, 3.8) is 0 Å². The molecule has 0 aliphatic carbocycles. The highest BCUT2D eigenvalue weighted by Gasteiger charge is 1.99. The first-order valence-corrected chi connectivity index (χ1v) is 5.57. The maximum atomic E-state index is 11.3. The molecule has 0 unspecified atom stereocenters. The van der Waals surface area contributed by atoms with Gasteiger partial charge in [-0.05, 0) is 24.3 Å². The maximum absolute atomic E-state index is 11.3. The molecule has 0 radical (unpaired) electrons. The minimum atomic E-state index is 0.0185. The van der Waals surface area contributed by atoms with Crippen molar-refractivity contribution in [2.45, 2.75) is 6.42 Å². The largest absolute Gasteiger partial charge is 0.399 e. The van der Waals surface area contributed by atoms with Crippen molar-refractivity contribution >= 4 is 17.3 Å². The third-order valence-electron chi connectivity index (χ3n) is 2.22. The summed E-state index contributed by atoms with van der Waals surface area (Å²) >= 11 is 0. The van der Waals surface area contributed by atoms with Gasteiger partial charge in [-0.3, -0.25) is 4.79 Å². The number of nitrogens with one attached hydrogen (secondary N) is 2. The summed E-state index contributed by atoms with van der Waals surface area (Å²) < 4.78 is 4.84. The highest BCUT2D eigenvalue weighted by Crippen LogP contribution is 2.09. The van der Waals surface area contributed by atoms with Gasteiger partial charge in [-0.15, -0.1) is 0 Å². The van der Waals surface area contributed by atoms with Gasteiger partial charge in [0.2, 0.25) is 5.91 Å². The van der Waals surface area contributed by atoms with Crippen LogP contribution in [0, 0.1) is 0 Å². The summed E-state index contributed by atoms with van der Waals surface area (Å²) in [6, 6.07) is 7.41. The number of nitrogens with two attached hydrogens (primary N) is 1. The summed E-state index contributed by atoms with van der Waals surface area (Å²) in [6.07, 6.45) is 0.439. The molecule has 5 heteroatoms. The van der Waals surface area contributed by atoms with Gasteiger partial charge in [0.25, 0.3) is 0 Å². The predicted molar refractivity (Wildman–Crippen MR) is 68.8 cm³/mol. The van der Waals surface area contributed by atoms with Crippen molar-refractivity contribution in [3.05, 3.63) is 24.3 Å². The predicted octanol–water partition coefficient (Wildman–Crippen LogP) is 0.833. The Labute approximate surface area is 101 Å². The van der Waals surface area contributed by atoms with Crippen molar-refractivity contribution in [1.82, 2.24) is 5.32 Å². The zero-order valence-corrected chi connectivity index (χ0v) is 10.0. The van der Waals surface area contributed by atoms with Gasteiger partial charge in [-0.25, -0.2) is 0 Å². The number of carbonyl (C=O) groups is 1. The Morgan fingerprint density at radius 1 is 1.29 bits per heavy atom. The third-order valence-corrected chi connectivity index (χ3v) is 2.22. The number of ether oxygens (including phenoxy) is 1. The zero-order chi connectivity index (χ0) is 12.5. The first-order valence-electron chi connectivity index (χ1n) is 5.57. The van der Waals surface area contributed by atoms with Gasteiger partial charge in [0.1, 0.15) is 0 Å². The van der Waals surface area contributed by atoms with E-state index in [1.54, 1.807) is 7.11 Å². The van der Waals surface area contributed by atoms with Crippen LogP contribution in [0.3, 0.4) is 0 Å². The SMILES string of the molecule is COCCNC(=O)CCNc1ccc(N)cc1. The quantitative estimate of drug-likeness (QED) is 0.485. The van der Waals surface area contributed by atoms with E-state index in [0.717, 1.165) is 11.4 Å². The van der Waals surface area contributed by atoms with Crippen LogP contribution in [0.25, 0.3) is 0 Å². The van der Waals surface area contributed by atoms with Gasteiger partial charge in [0.15, 0.2) is 0 Å². The second kappa shape index (κ2) is 7.51. The summed E-state index contributed by atoms with van der Waals surface area (Å²) in [6.45, 7) is 1.69. The second-order valence-electron chi connectivity index (χ2n) is 3.64. The number of hydrogen-bond acceptors (Lipinski definition) is 4. The fourth-order valence-electron chi connectivity index (χ4n) is 1.30. The van der Waals surface area contributed by atoms with Crippen molar-refractivity contribution in [2.75, 3.05) is 37.9 Å². The first-order chi connectivity index (χ1) is 8.22. The molecule has 0 heterocycles. The van der Waals surface area contributed by atoms with Crippen LogP contribution in [-0.4, -0.2) is 32.7 Å². The Kier molecular flexibility index (Phi) is 5.88. The summed E-state index contributed by atoms with van der Waals surface area (Å²) in [5.74, 6) is 0.0185. The number of nitrogen functional groups attached to an aromatic ring is 1. The number of rotatable bonds is 7. The molecule has 1 amide bonds. The van der Waals surface area contributed by atoms with Crippen LogP contribution in [0.15, 0.2) is 24.3 Å². The fourth-order valence-corrected chi connectivity index (χ4v) is 1.30. The van der Waals surface area contributed by atoms with Gasteiger partial charge in [0, 0.05) is 38.0 Å². The minimum Gasteiger partial charge on any atom is -0.399 e. The van der Waals surface area contributed by atoms with Gasteiger partial charge in [-0.1, -0.05) is 0 Å². The van der Waals surface area contributed by atoms with Crippen molar-refractivity contribution < 1.29 is 9.53 Å². The smallest absolute Gasteiger partial charge is 0.221 e. The topological polar surface area (TPSA) is 76.4 Å². The molecule has 94 valence electrons. The zero-order valence-electron chi connectivity index (χ0n) is 10.0. The maximum Gasteiger partial charge on any atom is 0.221 e. The third kappa shape index (κ3) is 5.77. The van der Waals surface area contributed by atoms with Crippen molar-refractivity contribution in [2.24, 2.45) is 0 Å². The number of anilines is 2. The van der Waals surface area contributed by atoms with Crippen LogP contribution < -0.4 is 16.4 Å². The van der Waals surface area contributed by atoms with Crippen molar-refractivity contribution in [1.29, 1.82) is 0 Å². The summed E-state index contributed by atoms with van der Waals surface area (Å²) in [5, 5.41) is 5.90. The van der Waals surface area contributed by atoms with E-state index >= 15 is 0 Å². The van der Waals surface area contributed by atoms with E-state index in [2.05, 4.69) is 10.6 Å². The summed E-state index contributed by atoms with van der Waals surface area (Å²) in [7, 11) is 1.61. The van der Waals surface area contributed by atoms with Gasteiger partial charge in [-0.2, -0.15) is 0 Å². The second-order valence-corrected chi connectivity index (χ2v) is 3.64. The van der Waals surface area contributed by atoms with Crippen LogP contribution in [0.5, 0.6) is 0 Å². The lowest BCUT2D eigenvalue weighted by Gasteiger charge is -2.07. The molecule has 0 atom stereocenters. The van der Waals surface area contributed by atoms with E-state index in [0.29, 0.717) is 26.1 Å². The number of benzene rings is 1. The molecule has 0 saturated heterocycles. The number of hydrogen-bond donors (Lipinski definition) is 3. The summed E-state index contributed by atoms with van der Waals surface area (Å²) in [5.41, 5.74) is 7.26. The van der Waals surface area contributed by atoms with E-state index in [1.807, 2.05) is 24.3 Å². The molecule has 0 bridgehead atoms. The molecule has 0 fully saturated rings. The Morgan fingerprint density at radius 3 is 2.65 bits per heavy atom. The molecule has 4 N–H and O–H groups in total. The van der Waals surface area contributed by atoms with Crippen LogP contribution >= 0.6 is 0 Å². The first kappa shape index (κ1) is 13.3. The molecule has 1 aromatic carbocycles. The van der Waals surface area contributed by atoms with Gasteiger partial charge < -0.3 is 21.1 Å². The summed E-state index contributed by atoms with van der Waals surface area (Å²) in [4.78, 5) is 11.3. The fraction of sp³-hybridized carbons (Fsp3) is 0.417. The molecule has 1 rings (SSSR count). The monoisotopic (exact) mass is 237 g/mol. The highest BCUT2D eigenvalue weighted by molar-refractivity contribution is 5.76. The molecule has 0 saturated carbocycles. The average molecular weight is 237 g/mol. The van der Waals surface area contributed by atoms with E-state index in [4.69, 9.17) is 10.5 Å². The molecule has 1 aromatic rings. The normalized spacial score (nSPS) is 9.94. The Hall–Kier alpha value is -1.75. The van der Waals surface area contributed by atoms with Gasteiger partial charge >= 0.3 is 0 Å². The molecule has 0 aliphatic rings. The van der Waals surface area contributed by atoms with Crippen LogP contribution in [-0.2, 0) is 9.53 Å². The number of methoxy groups -OCH3 is 1. The van der Waals surface area contributed by atoms with E-state index in [1.165, 1.54) is 0 Å². The van der Waals surface area contributed by atoms with Gasteiger partial charge in [0.05, 0.1) is 6.61 Å². The highest BCUT2D eigenvalue weighted by atomic mass is 16.5. The lowest BCUT2D eigenvalue weighted by molar-refractivity contribution is -0.121. The standard InChI is InChI=1S/C12H19N3O2/c1-17-9-8-15-12(16)6-7-14-11-4-2-10(13)3-5-11/h2-5,14H,6-9,13H2,1H3,(H,15,16). The molecule has 0 aromatic heterocycles. The lowest BCUT2D eigenvalue weighted by atomic mass is 10.3. The molecule has 17 heavy (non-hydrogen) atoms. The lowest BCUT2D eigenvalue weighted by Crippen LogP contribution is -2.28. The van der Waals surface area contributed by atoms with Crippen LogP contribution in [0.1, 0.15) is 6.42 Å². The van der Waals surface area contributed by atoms with Crippen LogP contribution in [0.2, 0.25) is 0 Å². The molecule has 0 spiro atoms. The average Bonchev–Trinajstić information content (AvgIpc) is 2.32.